The molecule has 0 aliphatic heterocycles. The molecule has 0 aliphatic carbocycles. The maximum Gasteiger partial charge on any atom is 0.230 e. The normalized spacial score (nSPS) is 11.4. The number of hydrogen-bond acceptors (Lipinski definition) is 7. The molecule has 4 aromatic rings. The summed E-state index contributed by atoms with van der Waals surface area (Å²) in [4.78, 5) is 6.95. The highest BCUT2D eigenvalue weighted by Gasteiger charge is 2.16. The number of benzene rings is 2. The number of rotatable bonds is 7. The lowest BCUT2D eigenvalue weighted by atomic mass is 10.2. The van der Waals surface area contributed by atoms with Gasteiger partial charge in [-0.05, 0) is 50.7 Å². The molecule has 144 valence electrons. The van der Waals surface area contributed by atoms with Crippen LogP contribution in [-0.4, -0.2) is 32.3 Å². The van der Waals surface area contributed by atoms with Gasteiger partial charge in [-0.25, -0.2) is 4.98 Å². The van der Waals surface area contributed by atoms with Crippen LogP contribution in [-0.2, 0) is 13.1 Å². The third-order valence-electron chi connectivity index (χ3n) is 4.50. The van der Waals surface area contributed by atoms with Gasteiger partial charge in [0.2, 0.25) is 5.89 Å². The van der Waals surface area contributed by atoms with E-state index in [0.717, 1.165) is 40.3 Å². The summed E-state index contributed by atoms with van der Waals surface area (Å²) in [5.74, 6) is 2.21. The minimum absolute atomic E-state index is 0.597. The van der Waals surface area contributed by atoms with Crippen molar-refractivity contribution in [3.05, 3.63) is 59.5 Å². The molecule has 2 heterocycles. The quantitative estimate of drug-likeness (QED) is 0.453. The van der Waals surface area contributed by atoms with Gasteiger partial charge in [-0.15, -0.1) is 0 Å². The fourth-order valence-corrected chi connectivity index (χ4v) is 3.68. The number of fused-ring (bicyclic) bond motifs is 1. The molecule has 0 unspecified atom stereocenters. The van der Waals surface area contributed by atoms with Gasteiger partial charge in [-0.3, -0.25) is 4.90 Å². The smallest absolute Gasteiger partial charge is 0.230 e. The Bertz CT molecular complexity index is 1090. The van der Waals surface area contributed by atoms with Crippen LogP contribution in [0.3, 0.4) is 0 Å². The second-order valence-electron chi connectivity index (χ2n) is 6.71. The van der Waals surface area contributed by atoms with Crippen molar-refractivity contribution in [2.45, 2.75) is 26.9 Å². The van der Waals surface area contributed by atoms with Crippen molar-refractivity contribution in [1.29, 1.82) is 0 Å². The second-order valence-corrected chi connectivity index (χ2v) is 7.24. The lowest BCUT2D eigenvalue weighted by Crippen LogP contribution is -2.18. The van der Waals surface area contributed by atoms with Gasteiger partial charge in [0.25, 0.3) is 0 Å². The third-order valence-corrected chi connectivity index (χ3v) is 5.06. The van der Waals surface area contributed by atoms with E-state index in [1.165, 1.54) is 17.3 Å². The van der Waals surface area contributed by atoms with Gasteiger partial charge in [0.15, 0.2) is 0 Å². The maximum atomic E-state index is 5.95. The largest absolute Gasteiger partial charge is 0.493 e. The van der Waals surface area contributed by atoms with Crippen molar-refractivity contribution in [1.82, 2.24) is 18.6 Å². The predicted molar refractivity (Wildman–Crippen MR) is 110 cm³/mol. The van der Waals surface area contributed by atoms with Crippen molar-refractivity contribution in [2.24, 2.45) is 0 Å². The first-order chi connectivity index (χ1) is 13.6. The van der Waals surface area contributed by atoms with Crippen molar-refractivity contribution in [2.75, 3.05) is 13.7 Å². The Balaban J connectivity index is 1.50. The van der Waals surface area contributed by atoms with E-state index in [0.29, 0.717) is 19.0 Å². The number of oxazole rings is 1. The number of nitrogens with zero attached hydrogens (tertiary/aromatic N) is 4. The van der Waals surface area contributed by atoms with Gasteiger partial charge in [0.1, 0.15) is 22.5 Å². The molecule has 7 heteroatoms. The highest BCUT2D eigenvalue weighted by Crippen LogP contribution is 2.31. The molecule has 2 aromatic heterocycles. The summed E-state index contributed by atoms with van der Waals surface area (Å²) in [6, 6.07) is 14.0. The molecule has 2 aromatic carbocycles. The second kappa shape index (κ2) is 8.08. The van der Waals surface area contributed by atoms with E-state index in [9.17, 15) is 0 Å². The first-order valence-electron chi connectivity index (χ1n) is 9.22. The summed E-state index contributed by atoms with van der Waals surface area (Å²) < 4.78 is 20.2. The van der Waals surface area contributed by atoms with Crippen molar-refractivity contribution in [3.63, 3.8) is 0 Å². The fraction of sp³-hybridized carbons (Fsp3) is 0.286. The maximum absolute atomic E-state index is 5.95. The first kappa shape index (κ1) is 18.6. The molecule has 6 nitrogen and oxygen atoms in total. The van der Waals surface area contributed by atoms with E-state index >= 15 is 0 Å². The highest BCUT2D eigenvalue weighted by molar-refractivity contribution is 7.00. The molecule has 0 spiro atoms. The van der Waals surface area contributed by atoms with Gasteiger partial charge in [-0.1, -0.05) is 18.2 Å². The molecular formula is C21H22N4O2S. The number of para-hydroxylation sites is 1. The monoisotopic (exact) mass is 394 g/mol. The van der Waals surface area contributed by atoms with Crippen LogP contribution in [0.15, 0.2) is 46.9 Å². The summed E-state index contributed by atoms with van der Waals surface area (Å²) in [6.45, 7) is 6.02. The summed E-state index contributed by atoms with van der Waals surface area (Å²) in [7, 11) is 2.07. The van der Waals surface area contributed by atoms with E-state index in [1.807, 2.05) is 44.2 Å². The molecule has 0 bridgehead atoms. The van der Waals surface area contributed by atoms with Crippen LogP contribution in [0.2, 0.25) is 0 Å². The van der Waals surface area contributed by atoms with Gasteiger partial charge in [0, 0.05) is 13.1 Å². The Morgan fingerprint density at radius 1 is 1.07 bits per heavy atom. The zero-order valence-corrected chi connectivity index (χ0v) is 17.0. The van der Waals surface area contributed by atoms with E-state index in [-0.39, 0.29) is 0 Å². The van der Waals surface area contributed by atoms with Crippen molar-refractivity contribution < 1.29 is 9.15 Å². The van der Waals surface area contributed by atoms with Crippen LogP contribution in [0, 0.1) is 6.92 Å². The fourth-order valence-electron chi connectivity index (χ4n) is 3.16. The van der Waals surface area contributed by atoms with E-state index < -0.39 is 0 Å². The van der Waals surface area contributed by atoms with E-state index in [1.54, 1.807) is 0 Å². The molecule has 0 aliphatic rings. The number of ether oxygens (including phenoxy) is 1. The molecular weight excluding hydrogens is 372 g/mol. The highest BCUT2D eigenvalue weighted by atomic mass is 32.1. The molecule has 4 rings (SSSR count). The minimum Gasteiger partial charge on any atom is -0.493 e. The van der Waals surface area contributed by atoms with Gasteiger partial charge in [-0.2, -0.15) is 8.75 Å². The number of aryl methyl sites for hydroxylation is 1. The molecule has 28 heavy (non-hydrogen) atoms. The van der Waals surface area contributed by atoms with Gasteiger partial charge >= 0.3 is 0 Å². The SMILES string of the molecule is CCOc1ccccc1-c1nc(CN(C)Cc2ccc3nsnc3c2)c(C)o1. The Hall–Kier alpha value is -2.77. The minimum atomic E-state index is 0.597. The lowest BCUT2D eigenvalue weighted by Gasteiger charge is -2.15. The average Bonchev–Trinajstić information content (AvgIpc) is 3.29. The zero-order valence-electron chi connectivity index (χ0n) is 16.2. The van der Waals surface area contributed by atoms with Gasteiger partial charge < -0.3 is 9.15 Å². The lowest BCUT2D eigenvalue weighted by molar-refractivity contribution is 0.313. The first-order valence-corrected chi connectivity index (χ1v) is 9.95. The van der Waals surface area contributed by atoms with Crippen molar-refractivity contribution in [3.8, 4) is 17.2 Å². The van der Waals surface area contributed by atoms with Crippen LogP contribution in [0.4, 0.5) is 0 Å². The van der Waals surface area contributed by atoms with Crippen molar-refractivity contribution >= 4 is 22.8 Å². The third kappa shape index (κ3) is 3.90. The van der Waals surface area contributed by atoms with Crippen LogP contribution in [0.5, 0.6) is 5.75 Å². The summed E-state index contributed by atoms with van der Waals surface area (Å²) in [5.41, 5.74) is 4.90. The van der Waals surface area contributed by atoms with E-state index in [4.69, 9.17) is 14.1 Å². The van der Waals surface area contributed by atoms with Crippen LogP contribution in [0.25, 0.3) is 22.5 Å². The zero-order chi connectivity index (χ0) is 19.5. The summed E-state index contributed by atoms with van der Waals surface area (Å²) >= 11 is 1.24. The Labute approximate surface area is 168 Å². The molecule has 0 atom stereocenters. The Morgan fingerprint density at radius 3 is 2.75 bits per heavy atom. The molecule has 0 N–H and O–H groups in total. The molecule has 0 saturated heterocycles. The Morgan fingerprint density at radius 2 is 1.89 bits per heavy atom. The predicted octanol–water partition coefficient (Wildman–Crippen LogP) is 4.69. The number of aromatic nitrogens is 3. The van der Waals surface area contributed by atoms with Crippen LogP contribution >= 0.6 is 11.7 Å². The molecule has 0 amide bonds. The van der Waals surface area contributed by atoms with Crippen LogP contribution < -0.4 is 4.74 Å². The molecule has 0 fully saturated rings. The number of hydrogen-bond donors (Lipinski definition) is 0. The molecule has 0 radical (unpaired) electrons. The summed E-state index contributed by atoms with van der Waals surface area (Å²) in [6.07, 6.45) is 0. The summed E-state index contributed by atoms with van der Waals surface area (Å²) in [5, 5.41) is 0. The average molecular weight is 395 g/mol. The topological polar surface area (TPSA) is 64.3 Å². The molecule has 0 saturated carbocycles. The van der Waals surface area contributed by atoms with E-state index in [2.05, 4.69) is 32.8 Å². The van der Waals surface area contributed by atoms with Crippen LogP contribution in [0.1, 0.15) is 23.9 Å². The standard InChI is InChI=1S/C21H22N4O2S/c1-4-26-20-8-6-5-7-16(20)21-22-19(14(2)27-21)13-25(3)12-15-9-10-17-18(11-15)24-28-23-17/h5-11H,4,12-13H2,1-3H3. The van der Waals surface area contributed by atoms with Gasteiger partial charge in [0.05, 0.1) is 29.6 Å². The Kier molecular flexibility index (Phi) is 5.36.